The fourth-order valence-corrected chi connectivity index (χ4v) is 5.35. The number of rotatable bonds is 6. The van der Waals surface area contributed by atoms with Gasteiger partial charge in [-0.2, -0.15) is 0 Å². The first kappa shape index (κ1) is 18.5. The molecule has 0 unspecified atom stereocenters. The van der Waals surface area contributed by atoms with E-state index in [9.17, 15) is 0 Å². The Kier molecular flexibility index (Phi) is 5.41. The molecule has 0 amide bonds. The normalized spacial score (nSPS) is 25.6. The third kappa shape index (κ3) is 3.59. The van der Waals surface area contributed by atoms with Gasteiger partial charge in [-0.25, -0.2) is 9.97 Å². The summed E-state index contributed by atoms with van der Waals surface area (Å²) in [6.45, 7) is 8.92. The van der Waals surface area contributed by atoms with E-state index >= 15 is 0 Å². The number of thiophene rings is 1. The Labute approximate surface area is 163 Å². The summed E-state index contributed by atoms with van der Waals surface area (Å²) in [5, 5.41) is 5.64. The average molecular weight is 394 g/mol. The van der Waals surface area contributed by atoms with Crippen LogP contribution in [0.25, 0.3) is 10.2 Å². The molecule has 0 aromatic carbocycles. The summed E-state index contributed by atoms with van der Waals surface area (Å²) in [4.78, 5) is 12.1. The van der Waals surface area contributed by atoms with Crippen molar-refractivity contribution in [2.75, 3.05) is 24.2 Å². The topological polar surface area (TPSA) is 56.3 Å². The molecule has 26 heavy (non-hydrogen) atoms. The first-order valence-corrected chi connectivity index (χ1v) is 11.4. The van der Waals surface area contributed by atoms with E-state index in [1.165, 1.54) is 15.8 Å². The van der Waals surface area contributed by atoms with E-state index in [0.717, 1.165) is 60.4 Å². The second-order valence-electron chi connectivity index (χ2n) is 7.26. The molecule has 1 N–H and O–H groups in total. The molecule has 0 spiro atoms. The molecule has 2 aliphatic rings. The highest BCUT2D eigenvalue weighted by atomic mass is 32.2. The maximum absolute atomic E-state index is 6.15. The van der Waals surface area contributed by atoms with E-state index in [0.29, 0.717) is 12.7 Å². The number of ether oxygens (including phenoxy) is 2. The van der Waals surface area contributed by atoms with Crippen LogP contribution in [0.15, 0.2) is 5.16 Å². The van der Waals surface area contributed by atoms with Crippen molar-refractivity contribution in [3.8, 4) is 0 Å². The summed E-state index contributed by atoms with van der Waals surface area (Å²) in [7, 11) is 0. The van der Waals surface area contributed by atoms with Crippen LogP contribution in [-0.2, 0) is 22.5 Å². The molecule has 0 aliphatic carbocycles. The Bertz CT molecular complexity index is 789. The summed E-state index contributed by atoms with van der Waals surface area (Å²) in [5.74, 6) is 1.94. The summed E-state index contributed by atoms with van der Waals surface area (Å²) in [6.07, 6.45) is 4.51. The predicted molar refractivity (Wildman–Crippen MR) is 108 cm³/mol. The maximum atomic E-state index is 6.15. The molecule has 4 heterocycles. The minimum Gasteiger partial charge on any atom is -0.376 e. The van der Waals surface area contributed by atoms with Crippen molar-refractivity contribution in [1.29, 1.82) is 0 Å². The van der Waals surface area contributed by atoms with Crippen LogP contribution in [0.5, 0.6) is 0 Å². The number of hydrogen-bond donors (Lipinski definition) is 1. The molecule has 1 fully saturated rings. The van der Waals surface area contributed by atoms with Crippen LogP contribution < -0.4 is 5.32 Å². The molecule has 142 valence electrons. The third-order valence-electron chi connectivity index (χ3n) is 5.36. The van der Waals surface area contributed by atoms with Crippen LogP contribution in [-0.4, -0.2) is 40.6 Å². The van der Waals surface area contributed by atoms with Crippen molar-refractivity contribution >= 4 is 39.1 Å². The van der Waals surface area contributed by atoms with E-state index in [2.05, 4.69) is 26.1 Å². The van der Waals surface area contributed by atoms with Crippen LogP contribution in [0.1, 0.15) is 50.5 Å². The van der Waals surface area contributed by atoms with Gasteiger partial charge in [0.2, 0.25) is 0 Å². The number of fused-ring (bicyclic) bond motifs is 3. The van der Waals surface area contributed by atoms with Gasteiger partial charge in [0.05, 0.1) is 23.7 Å². The van der Waals surface area contributed by atoms with Gasteiger partial charge in [-0.3, -0.25) is 0 Å². The lowest BCUT2D eigenvalue weighted by Crippen LogP contribution is -2.34. The van der Waals surface area contributed by atoms with Gasteiger partial charge in [0.1, 0.15) is 10.6 Å². The molecule has 0 saturated carbocycles. The van der Waals surface area contributed by atoms with Gasteiger partial charge >= 0.3 is 0 Å². The summed E-state index contributed by atoms with van der Waals surface area (Å²) >= 11 is 3.46. The fourth-order valence-electron chi connectivity index (χ4n) is 3.62. The molecule has 4 rings (SSSR count). The second-order valence-corrected chi connectivity index (χ2v) is 9.57. The van der Waals surface area contributed by atoms with Gasteiger partial charge in [0, 0.05) is 24.4 Å². The zero-order chi connectivity index (χ0) is 18.1. The van der Waals surface area contributed by atoms with Crippen LogP contribution in [0, 0.1) is 0 Å². The van der Waals surface area contributed by atoms with Crippen LogP contribution >= 0.6 is 23.1 Å². The van der Waals surface area contributed by atoms with E-state index in [4.69, 9.17) is 19.4 Å². The lowest BCUT2D eigenvalue weighted by molar-refractivity contribution is -0.0542. The molecule has 0 radical (unpaired) electrons. The van der Waals surface area contributed by atoms with E-state index < -0.39 is 0 Å². The largest absolute Gasteiger partial charge is 0.376 e. The Morgan fingerprint density at radius 2 is 2.23 bits per heavy atom. The molecule has 2 atom stereocenters. The number of thioether (sulfide) groups is 1. The Morgan fingerprint density at radius 3 is 2.96 bits per heavy atom. The zero-order valence-corrected chi connectivity index (χ0v) is 17.4. The second kappa shape index (κ2) is 7.62. The molecule has 2 aliphatic heterocycles. The molecule has 2 aromatic heterocycles. The minimum atomic E-state index is -0.0936. The Hall–Kier alpha value is -0.890. The van der Waals surface area contributed by atoms with Crippen LogP contribution in [0.4, 0.5) is 5.82 Å². The lowest BCUT2D eigenvalue weighted by Gasteiger charge is -2.33. The van der Waals surface area contributed by atoms with Gasteiger partial charge in [-0.1, -0.05) is 25.6 Å². The molecule has 1 saturated heterocycles. The smallest absolute Gasteiger partial charge is 0.190 e. The standard InChI is InChI=1S/C19H27N3O2S2/c1-4-19(3)9-13-14(11-24-19)26-17-15(13)16(21-18(22-17)25-5-2)20-10-12-7-6-8-23-12/h12H,4-11H2,1-3H3,(H,20,21,22)/t12-,19+/m0/s1. The molecular formula is C19H27N3O2S2. The molecule has 7 heteroatoms. The summed E-state index contributed by atoms with van der Waals surface area (Å²) in [5.41, 5.74) is 1.28. The maximum Gasteiger partial charge on any atom is 0.190 e. The van der Waals surface area contributed by atoms with Crippen molar-refractivity contribution in [2.24, 2.45) is 0 Å². The van der Waals surface area contributed by atoms with Crippen LogP contribution in [0.2, 0.25) is 0 Å². The number of anilines is 1. The summed E-state index contributed by atoms with van der Waals surface area (Å²) in [6, 6.07) is 0. The van der Waals surface area contributed by atoms with E-state index in [1.807, 2.05) is 0 Å². The predicted octanol–water partition coefficient (Wildman–Crippen LogP) is 4.64. The highest BCUT2D eigenvalue weighted by molar-refractivity contribution is 7.99. The minimum absolute atomic E-state index is 0.0936. The SMILES string of the molecule is CCSc1nc(NC[C@@H]2CCCO2)c2c3c(sc2n1)CO[C@](C)(CC)C3. The highest BCUT2D eigenvalue weighted by Crippen LogP contribution is 2.42. The molecular weight excluding hydrogens is 366 g/mol. The summed E-state index contributed by atoms with van der Waals surface area (Å²) < 4.78 is 11.9. The fraction of sp³-hybridized carbons (Fsp3) is 0.684. The molecule has 2 aromatic rings. The van der Waals surface area contributed by atoms with Crippen molar-refractivity contribution in [1.82, 2.24) is 9.97 Å². The average Bonchev–Trinajstić information content (AvgIpc) is 3.27. The van der Waals surface area contributed by atoms with Crippen molar-refractivity contribution in [3.63, 3.8) is 0 Å². The lowest BCUT2D eigenvalue weighted by atomic mass is 9.90. The first-order valence-electron chi connectivity index (χ1n) is 9.56. The van der Waals surface area contributed by atoms with Crippen molar-refractivity contribution < 1.29 is 9.47 Å². The number of hydrogen-bond acceptors (Lipinski definition) is 7. The monoisotopic (exact) mass is 393 g/mol. The molecule has 5 nitrogen and oxygen atoms in total. The van der Waals surface area contributed by atoms with Gasteiger partial charge in [0.25, 0.3) is 0 Å². The van der Waals surface area contributed by atoms with Crippen molar-refractivity contribution in [3.05, 3.63) is 10.4 Å². The number of aromatic nitrogens is 2. The van der Waals surface area contributed by atoms with Gasteiger partial charge in [-0.05, 0) is 37.5 Å². The van der Waals surface area contributed by atoms with Gasteiger partial charge in [0.15, 0.2) is 5.16 Å². The van der Waals surface area contributed by atoms with Gasteiger partial charge < -0.3 is 14.8 Å². The van der Waals surface area contributed by atoms with Crippen molar-refractivity contribution in [2.45, 2.75) is 69.9 Å². The van der Waals surface area contributed by atoms with E-state index in [-0.39, 0.29) is 5.60 Å². The highest BCUT2D eigenvalue weighted by Gasteiger charge is 2.33. The van der Waals surface area contributed by atoms with Crippen LogP contribution in [0.3, 0.4) is 0 Å². The third-order valence-corrected chi connectivity index (χ3v) is 7.19. The zero-order valence-electron chi connectivity index (χ0n) is 15.8. The molecule has 0 bridgehead atoms. The Balaban J connectivity index is 1.72. The first-order chi connectivity index (χ1) is 12.6. The number of nitrogens with one attached hydrogen (secondary N) is 1. The Morgan fingerprint density at radius 1 is 1.35 bits per heavy atom. The van der Waals surface area contributed by atoms with Gasteiger partial charge in [-0.15, -0.1) is 11.3 Å². The van der Waals surface area contributed by atoms with E-state index in [1.54, 1.807) is 23.1 Å². The number of nitrogens with zero attached hydrogens (tertiary/aromatic N) is 2. The quantitative estimate of drug-likeness (QED) is 0.570.